The molecule has 0 aliphatic carbocycles. The molecule has 1 aromatic carbocycles. The lowest BCUT2D eigenvalue weighted by Gasteiger charge is -2.44. The molecule has 0 radical (unpaired) electrons. The Labute approximate surface area is 188 Å². The van der Waals surface area contributed by atoms with E-state index in [9.17, 15) is 18.8 Å². The van der Waals surface area contributed by atoms with Crippen molar-refractivity contribution in [3.8, 4) is 0 Å². The zero-order valence-corrected chi connectivity index (χ0v) is 18.6. The first kappa shape index (κ1) is 22.7. The van der Waals surface area contributed by atoms with Gasteiger partial charge in [0.05, 0.1) is 19.5 Å². The molecule has 3 fully saturated rings. The maximum Gasteiger partial charge on any atom is 0.236 e. The van der Waals surface area contributed by atoms with Crippen molar-refractivity contribution in [1.29, 1.82) is 0 Å². The topological polar surface area (TPSA) is 73.0 Å². The smallest absolute Gasteiger partial charge is 0.236 e. The van der Waals surface area contributed by atoms with Crippen LogP contribution in [-0.4, -0.2) is 84.3 Å². The van der Waals surface area contributed by atoms with E-state index < -0.39 is 0 Å². The Hall–Kier alpha value is -2.48. The molecule has 3 saturated heterocycles. The Morgan fingerprint density at radius 2 is 1.78 bits per heavy atom. The molecule has 1 unspecified atom stereocenters. The van der Waals surface area contributed by atoms with Crippen LogP contribution in [0.2, 0.25) is 0 Å². The van der Waals surface area contributed by atoms with E-state index in [1.54, 1.807) is 18.2 Å². The predicted octanol–water partition coefficient (Wildman–Crippen LogP) is 1.42. The second kappa shape index (κ2) is 10.4. The van der Waals surface area contributed by atoms with Crippen molar-refractivity contribution < 1.29 is 18.8 Å². The first-order chi connectivity index (χ1) is 15.5. The van der Waals surface area contributed by atoms with Gasteiger partial charge in [0, 0.05) is 38.8 Å². The summed E-state index contributed by atoms with van der Waals surface area (Å²) < 4.78 is 14.0. The van der Waals surface area contributed by atoms with Gasteiger partial charge in [-0.15, -0.1) is 0 Å². The molecule has 1 atom stereocenters. The molecule has 8 heteroatoms. The molecule has 4 rings (SSSR count). The zero-order chi connectivity index (χ0) is 22.5. The first-order valence-corrected chi connectivity index (χ1v) is 11.8. The van der Waals surface area contributed by atoms with E-state index in [1.807, 2.05) is 14.7 Å². The van der Waals surface area contributed by atoms with Crippen molar-refractivity contribution in [2.24, 2.45) is 5.92 Å². The van der Waals surface area contributed by atoms with Gasteiger partial charge in [-0.2, -0.15) is 0 Å². The Balaban J connectivity index is 1.31. The van der Waals surface area contributed by atoms with Gasteiger partial charge in [0.1, 0.15) is 5.82 Å². The van der Waals surface area contributed by atoms with Crippen LogP contribution in [-0.2, 0) is 20.8 Å². The van der Waals surface area contributed by atoms with E-state index in [0.717, 1.165) is 38.6 Å². The van der Waals surface area contributed by atoms with Gasteiger partial charge in [-0.1, -0.05) is 18.2 Å². The summed E-state index contributed by atoms with van der Waals surface area (Å²) in [4.78, 5) is 43.1. The maximum absolute atomic E-state index is 14.0. The maximum atomic E-state index is 14.0. The lowest BCUT2D eigenvalue weighted by molar-refractivity contribution is -0.139. The fraction of sp³-hybridized carbons (Fsp3) is 0.625. The summed E-state index contributed by atoms with van der Waals surface area (Å²) in [5.74, 6) is 0.0910. The van der Waals surface area contributed by atoms with Crippen molar-refractivity contribution in [2.75, 3.05) is 45.8 Å². The van der Waals surface area contributed by atoms with Crippen molar-refractivity contribution >= 4 is 17.7 Å². The fourth-order valence-electron chi connectivity index (χ4n) is 5.31. The third-order valence-corrected chi connectivity index (χ3v) is 7.08. The quantitative estimate of drug-likeness (QED) is 0.746. The van der Waals surface area contributed by atoms with Gasteiger partial charge >= 0.3 is 0 Å². The number of benzene rings is 1. The number of hydrogen-bond donors (Lipinski definition) is 1. The number of rotatable bonds is 5. The van der Waals surface area contributed by atoms with E-state index in [0.29, 0.717) is 37.7 Å². The van der Waals surface area contributed by atoms with Crippen molar-refractivity contribution in [2.45, 2.75) is 44.6 Å². The van der Waals surface area contributed by atoms with Gasteiger partial charge in [0.2, 0.25) is 17.7 Å². The second-order valence-corrected chi connectivity index (χ2v) is 9.20. The van der Waals surface area contributed by atoms with Crippen molar-refractivity contribution in [3.05, 3.63) is 35.6 Å². The third kappa shape index (κ3) is 5.46. The molecule has 3 amide bonds. The van der Waals surface area contributed by atoms with Gasteiger partial charge in [-0.3, -0.25) is 19.3 Å². The molecule has 174 valence electrons. The average molecular weight is 445 g/mol. The summed E-state index contributed by atoms with van der Waals surface area (Å²) in [5.41, 5.74) is 0.452. The number of hydrogen-bond acceptors (Lipinski definition) is 4. The summed E-state index contributed by atoms with van der Waals surface area (Å²) in [6.45, 7) is 3.97. The van der Waals surface area contributed by atoms with Crippen LogP contribution in [0.5, 0.6) is 0 Å². The highest BCUT2D eigenvalue weighted by molar-refractivity contribution is 5.82. The van der Waals surface area contributed by atoms with Gasteiger partial charge in [-0.25, -0.2) is 4.39 Å². The minimum Gasteiger partial charge on any atom is -0.354 e. The fourth-order valence-corrected chi connectivity index (χ4v) is 5.31. The van der Waals surface area contributed by atoms with E-state index >= 15 is 0 Å². The molecule has 32 heavy (non-hydrogen) atoms. The zero-order valence-electron chi connectivity index (χ0n) is 18.6. The number of nitrogens with zero attached hydrogens (tertiary/aromatic N) is 3. The molecule has 0 aromatic heterocycles. The summed E-state index contributed by atoms with van der Waals surface area (Å²) in [6.07, 6.45) is 4.92. The minimum atomic E-state index is -0.326. The van der Waals surface area contributed by atoms with Crippen LogP contribution >= 0.6 is 0 Å². The minimum absolute atomic E-state index is 0.00156. The highest BCUT2D eigenvalue weighted by Crippen LogP contribution is 2.31. The van der Waals surface area contributed by atoms with Crippen LogP contribution in [0.25, 0.3) is 0 Å². The summed E-state index contributed by atoms with van der Waals surface area (Å²) in [5, 5.41) is 2.78. The Morgan fingerprint density at radius 3 is 2.53 bits per heavy atom. The molecule has 3 aliphatic rings. The molecule has 1 N–H and O–H groups in total. The SMILES string of the molecule is O=C1CN(CC(=O)N2CCC(C3CCCCN3C(=O)Cc3ccccc3F)CC2)CCN1. The third-order valence-electron chi connectivity index (χ3n) is 7.08. The standard InChI is InChI=1S/C24H33FN4O3/c25-20-6-2-1-5-19(20)15-23(31)29-11-4-3-7-21(29)18-8-12-28(13-9-18)24(32)17-27-14-10-26-22(30)16-27/h1-2,5-6,18,21H,3-4,7-17H2,(H,26,30). The molecule has 0 spiro atoms. The summed E-state index contributed by atoms with van der Waals surface area (Å²) in [6, 6.07) is 6.66. The lowest BCUT2D eigenvalue weighted by atomic mass is 9.83. The Bertz CT molecular complexity index is 840. The summed E-state index contributed by atoms with van der Waals surface area (Å²) >= 11 is 0. The van der Waals surface area contributed by atoms with E-state index in [1.165, 1.54) is 6.07 Å². The van der Waals surface area contributed by atoms with Crippen LogP contribution in [0.1, 0.15) is 37.7 Å². The number of halogens is 1. The monoisotopic (exact) mass is 444 g/mol. The van der Waals surface area contributed by atoms with E-state index in [-0.39, 0.29) is 49.1 Å². The molecule has 3 aliphatic heterocycles. The normalized spacial score (nSPS) is 23.2. The average Bonchev–Trinajstić information content (AvgIpc) is 2.80. The number of piperazine rings is 1. The molecular formula is C24H33FN4O3. The number of carbonyl (C=O) groups is 3. The van der Waals surface area contributed by atoms with Gasteiger partial charge in [0.25, 0.3) is 0 Å². The number of likely N-dealkylation sites (tertiary alicyclic amines) is 2. The molecule has 7 nitrogen and oxygen atoms in total. The van der Waals surface area contributed by atoms with E-state index in [4.69, 9.17) is 0 Å². The van der Waals surface area contributed by atoms with Gasteiger partial charge in [-0.05, 0) is 49.7 Å². The van der Waals surface area contributed by atoms with Crippen LogP contribution in [0, 0.1) is 11.7 Å². The largest absolute Gasteiger partial charge is 0.354 e. The number of amides is 3. The van der Waals surface area contributed by atoms with Crippen LogP contribution < -0.4 is 5.32 Å². The van der Waals surface area contributed by atoms with Crippen molar-refractivity contribution in [3.63, 3.8) is 0 Å². The summed E-state index contributed by atoms with van der Waals surface area (Å²) in [7, 11) is 0. The molecule has 3 heterocycles. The molecular weight excluding hydrogens is 411 g/mol. The first-order valence-electron chi connectivity index (χ1n) is 11.8. The highest BCUT2D eigenvalue weighted by atomic mass is 19.1. The number of piperidine rings is 2. The molecule has 0 saturated carbocycles. The Kier molecular flexibility index (Phi) is 7.40. The van der Waals surface area contributed by atoms with Crippen LogP contribution in [0.3, 0.4) is 0 Å². The van der Waals surface area contributed by atoms with Crippen LogP contribution in [0.4, 0.5) is 4.39 Å². The molecule has 1 aromatic rings. The lowest BCUT2D eigenvalue weighted by Crippen LogP contribution is -2.54. The second-order valence-electron chi connectivity index (χ2n) is 9.20. The number of carbonyl (C=O) groups excluding carboxylic acids is 3. The van der Waals surface area contributed by atoms with Gasteiger partial charge in [0.15, 0.2) is 0 Å². The van der Waals surface area contributed by atoms with E-state index in [2.05, 4.69) is 5.32 Å². The number of nitrogens with one attached hydrogen (secondary N) is 1. The van der Waals surface area contributed by atoms with Crippen LogP contribution in [0.15, 0.2) is 24.3 Å². The predicted molar refractivity (Wildman–Crippen MR) is 118 cm³/mol. The highest BCUT2D eigenvalue weighted by Gasteiger charge is 2.36. The molecule has 0 bridgehead atoms. The van der Waals surface area contributed by atoms with Crippen molar-refractivity contribution in [1.82, 2.24) is 20.0 Å². The van der Waals surface area contributed by atoms with Gasteiger partial charge < -0.3 is 15.1 Å². The Morgan fingerprint density at radius 1 is 1.00 bits per heavy atom.